The third-order valence-corrected chi connectivity index (χ3v) is 5.97. The Morgan fingerprint density at radius 2 is 1.78 bits per heavy atom. The number of nitrogens with one attached hydrogen (secondary N) is 2. The summed E-state index contributed by atoms with van der Waals surface area (Å²) in [5.74, 6) is 1.89. The van der Waals surface area contributed by atoms with Crippen LogP contribution >= 0.6 is 0 Å². The number of sulfonamides is 1. The standard InChI is InChI=1S/C13H24N2O2S/c16-18(17,9-10-2-1-7-14-8-10)15-13(11-3-4-11)12-5-6-12/h10-15H,1-9H2. The normalized spacial score (nSPS) is 29.7. The molecule has 4 nitrogen and oxygen atoms in total. The SMILES string of the molecule is O=S(=O)(CC1CCCNC1)NC(C1CC1)C1CC1. The summed E-state index contributed by atoms with van der Waals surface area (Å²) in [6.07, 6.45) is 7.02. The molecule has 0 bridgehead atoms. The molecule has 0 aromatic rings. The van der Waals surface area contributed by atoms with Gasteiger partial charge in [-0.15, -0.1) is 0 Å². The molecule has 5 heteroatoms. The average molecular weight is 272 g/mol. The molecule has 18 heavy (non-hydrogen) atoms. The largest absolute Gasteiger partial charge is 0.316 e. The van der Waals surface area contributed by atoms with Crippen LogP contribution in [0.4, 0.5) is 0 Å². The lowest BCUT2D eigenvalue weighted by Crippen LogP contribution is -2.43. The maximum Gasteiger partial charge on any atom is 0.212 e. The molecule has 3 aliphatic rings. The molecule has 2 aliphatic carbocycles. The van der Waals surface area contributed by atoms with Gasteiger partial charge in [-0.05, 0) is 69.4 Å². The van der Waals surface area contributed by atoms with Crippen molar-refractivity contribution in [3.05, 3.63) is 0 Å². The van der Waals surface area contributed by atoms with Gasteiger partial charge in [0, 0.05) is 6.04 Å². The van der Waals surface area contributed by atoms with Crippen LogP contribution in [0.15, 0.2) is 0 Å². The summed E-state index contributed by atoms with van der Waals surface area (Å²) in [4.78, 5) is 0. The molecular weight excluding hydrogens is 248 g/mol. The number of piperidine rings is 1. The Labute approximate surface area is 110 Å². The second-order valence-electron chi connectivity index (χ2n) is 6.31. The van der Waals surface area contributed by atoms with Gasteiger partial charge >= 0.3 is 0 Å². The fourth-order valence-corrected chi connectivity index (χ4v) is 4.92. The summed E-state index contributed by atoms with van der Waals surface area (Å²) in [5, 5.41) is 3.29. The highest BCUT2D eigenvalue weighted by atomic mass is 32.2. The van der Waals surface area contributed by atoms with Crippen molar-refractivity contribution in [1.29, 1.82) is 0 Å². The van der Waals surface area contributed by atoms with E-state index in [9.17, 15) is 8.42 Å². The molecule has 0 aromatic heterocycles. The van der Waals surface area contributed by atoms with E-state index in [0.29, 0.717) is 23.5 Å². The smallest absolute Gasteiger partial charge is 0.212 e. The van der Waals surface area contributed by atoms with E-state index in [1.54, 1.807) is 0 Å². The van der Waals surface area contributed by atoms with Gasteiger partial charge in [-0.2, -0.15) is 0 Å². The minimum Gasteiger partial charge on any atom is -0.316 e. The van der Waals surface area contributed by atoms with Gasteiger partial charge in [0.1, 0.15) is 0 Å². The molecule has 2 N–H and O–H groups in total. The monoisotopic (exact) mass is 272 g/mol. The molecule has 3 rings (SSSR count). The van der Waals surface area contributed by atoms with Crippen LogP contribution in [0.2, 0.25) is 0 Å². The van der Waals surface area contributed by atoms with E-state index >= 15 is 0 Å². The van der Waals surface area contributed by atoms with Gasteiger partial charge in [0.25, 0.3) is 0 Å². The van der Waals surface area contributed by atoms with Crippen molar-refractivity contribution in [1.82, 2.24) is 10.0 Å². The van der Waals surface area contributed by atoms with Crippen LogP contribution in [-0.2, 0) is 10.0 Å². The van der Waals surface area contributed by atoms with Gasteiger partial charge in [-0.3, -0.25) is 0 Å². The molecule has 2 saturated carbocycles. The number of rotatable bonds is 6. The lowest BCUT2D eigenvalue weighted by molar-refractivity contribution is 0.398. The topological polar surface area (TPSA) is 58.2 Å². The second kappa shape index (κ2) is 5.10. The van der Waals surface area contributed by atoms with Gasteiger partial charge in [0.2, 0.25) is 10.0 Å². The molecule has 1 unspecified atom stereocenters. The second-order valence-corrected chi connectivity index (χ2v) is 8.11. The van der Waals surface area contributed by atoms with Crippen LogP contribution in [0.1, 0.15) is 38.5 Å². The lowest BCUT2D eigenvalue weighted by Gasteiger charge is -2.24. The maximum absolute atomic E-state index is 12.2. The Morgan fingerprint density at radius 3 is 2.28 bits per heavy atom. The van der Waals surface area contributed by atoms with Gasteiger partial charge in [-0.1, -0.05) is 0 Å². The first-order chi connectivity index (χ1) is 8.64. The molecule has 1 heterocycles. The highest BCUT2D eigenvalue weighted by Gasteiger charge is 2.43. The molecule has 1 aliphatic heterocycles. The Morgan fingerprint density at radius 1 is 1.11 bits per heavy atom. The van der Waals surface area contributed by atoms with Gasteiger partial charge in [-0.25, -0.2) is 13.1 Å². The molecule has 0 aromatic carbocycles. The summed E-state index contributed by atoms with van der Waals surface area (Å²) in [6.45, 7) is 1.90. The third kappa shape index (κ3) is 3.45. The predicted molar refractivity (Wildman–Crippen MR) is 71.8 cm³/mol. The van der Waals surface area contributed by atoms with E-state index in [1.165, 1.54) is 25.7 Å². The fourth-order valence-electron chi connectivity index (χ4n) is 3.12. The fraction of sp³-hybridized carbons (Fsp3) is 1.00. The molecule has 0 amide bonds. The minimum absolute atomic E-state index is 0.256. The lowest BCUT2D eigenvalue weighted by atomic mass is 10.0. The Balaban J connectivity index is 1.55. The summed E-state index contributed by atoms with van der Waals surface area (Å²) < 4.78 is 27.5. The molecule has 0 spiro atoms. The van der Waals surface area contributed by atoms with E-state index in [1.807, 2.05) is 0 Å². The van der Waals surface area contributed by atoms with Crippen molar-refractivity contribution >= 4 is 10.0 Å². The number of hydrogen-bond acceptors (Lipinski definition) is 3. The van der Waals surface area contributed by atoms with Gasteiger partial charge in [0.05, 0.1) is 5.75 Å². The average Bonchev–Trinajstić information content (AvgIpc) is 3.19. The quantitative estimate of drug-likeness (QED) is 0.761. The van der Waals surface area contributed by atoms with Crippen molar-refractivity contribution in [3.8, 4) is 0 Å². The summed E-state index contributed by atoms with van der Waals surface area (Å²) >= 11 is 0. The van der Waals surface area contributed by atoms with Crippen molar-refractivity contribution in [2.45, 2.75) is 44.6 Å². The van der Waals surface area contributed by atoms with E-state index in [2.05, 4.69) is 10.0 Å². The van der Waals surface area contributed by atoms with Crippen LogP contribution in [0.25, 0.3) is 0 Å². The zero-order chi connectivity index (χ0) is 12.6. The molecule has 3 fully saturated rings. The molecular formula is C13H24N2O2S. The minimum atomic E-state index is -3.08. The summed E-state index contributed by atoms with van der Waals surface area (Å²) in [6, 6.07) is 0.256. The highest BCUT2D eigenvalue weighted by molar-refractivity contribution is 7.89. The molecule has 1 atom stereocenters. The van der Waals surface area contributed by atoms with Gasteiger partial charge in [0.15, 0.2) is 0 Å². The van der Waals surface area contributed by atoms with Gasteiger partial charge < -0.3 is 5.32 Å². The van der Waals surface area contributed by atoms with Crippen LogP contribution in [0.3, 0.4) is 0 Å². The predicted octanol–water partition coefficient (Wildman–Crippen LogP) is 1.09. The van der Waals surface area contributed by atoms with E-state index in [4.69, 9.17) is 0 Å². The van der Waals surface area contributed by atoms with Crippen molar-refractivity contribution in [2.75, 3.05) is 18.8 Å². The van der Waals surface area contributed by atoms with Crippen LogP contribution in [0.5, 0.6) is 0 Å². The number of hydrogen-bond donors (Lipinski definition) is 2. The molecule has 104 valence electrons. The van der Waals surface area contributed by atoms with Crippen molar-refractivity contribution < 1.29 is 8.42 Å². The van der Waals surface area contributed by atoms with Crippen LogP contribution < -0.4 is 10.0 Å². The van der Waals surface area contributed by atoms with E-state index in [-0.39, 0.29) is 6.04 Å². The zero-order valence-corrected chi connectivity index (χ0v) is 11.7. The molecule has 1 saturated heterocycles. The van der Waals surface area contributed by atoms with E-state index < -0.39 is 10.0 Å². The Kier molecular flexibility index (Phi) is 3.65. The highest BCUT2D eigenvalue weighted by Crippen LogP contribution is 2.44. The summed E-state index contributed by atoms with van der Waals surface area (Å²) in [5.41, 5.74) is 0. The Hall–Kier alpha value is -0.130. The first-order valence-electron chi connectivity index (χ1n) is 7.35. The van der Waals surface area contributed by atoms with E-state index in [0.717, 1.165) is 25.9 Å². The molecule has 0 radical (unpaired) electrons. The first-order valence-corrected chi connectivity index (χ1v) is 9.00. The zero-order valence-electron chi connectivity index (χ0n) is 10.9. The van der Waals surface area contributed by atoms with Crippen LogP contribution in [0, 0.1) is 17.8 Å². The summed E-state index contributed by atoms with van der Waals surface area (Å²) in [7, 11) is -3.08. The van der Waals surface area contributed by atoms with Crippen LogP contribution in [-0.4, -0.2) is 33.3 Å². The van der Waals surface area contributed by atoms with Crippen molar-refractivity contribution in [3.63, 3.8) is 0 Å². The first kappa shape index (κ1) is 12.9. The third-order valence-electron chi connectivity index (χ3n) is 4.43. The Bertz CT molecular complexity index is 370. The van der Waals surface area contributed by atoms with Crippen molar-refractivity contribution in [2.24, 2.45) is 17.8 Å². The maximum atomic E-state index is 12.2.